The van der Waals surface area contributed by atoms with Crippen molar-refractivity contribution in [1.82, 2.24) is 5.01 Å². The Kier molecular flexibility index (Phi) is 6.93. The van der Waals surface area contributed by atoms with Gasteiger partial charge in [-0.15, -0.1) is 0 Å². The molecule has 0 radical (unpaired) electrons. The molecule has 0 amide bonds. The van der Waals surface area contributed by atoms with Gasteiger partial charge >= 0.3 is 0 Å². The predicted molar refractivity (Wildman–Crippen MR) is 68.9 cm³/mol. The number of nitrogens with zero attached hydrogens (tertiary/aromatic N) is 1. The maximum atomic E-state index is 11.5. The normalized spacial score (nSPS) is 14.6. The average Bonchev–Trinajstić information content (AvgIpc) is 2.33. The van der Waals surface area contributed by atoms with Crippen molar-refractivity contribution < 1.29 is 9.90 Å². The van der Waals surface area contributed by atoms with Gasteiger partial charge in [0, 0.05) is 6.54 Å². The number of aliphatic hydroxyl groups is 1. The van der Waals surface area contributed by atoms with E-state index >= 15 is 0 Å². The number of hydrogen-bond donors (Lipinski definition) is 3. The molecule has 1 rings (SSSR count). The smallest absolute Gasteiger partial charge is 0.244 e. The molecule has 0 aromatic heterocycles. The van der Waals surface area contributed by atoms with Gasteiger partial charge in [0.25, 0.3) is 0 Å². The lowest BCUT2D eigenvalue weighted by atomic mass is 10.1. The van der Waals surface area contributed by atoms with E-state index in [1.807, 2.05) is 13.8 Å². The molecule has 96 valence electrons. The lowest BCUT2D eigenvalue weighted by molar-refractivity contribution is -0.116. The van der Waals surface area contributed by atoms with E-state index in [0.717, 1.165) is 0 Å². The maximum absolute atomic E-state index is 11.5. The van der Waals surface area contributed by atoms with Gasteiger partial charge in [-0.1, -0.05) is 20.4 Å². The van der Waals surface area contributed by atoms with Gasteiger partial charge in [-0.05, 0) is 30.7 Å². The summed E-state index contributed by atoms with van der Waals surface area (Å²) in [6.07, 6.45) is 3.53. The minimum atomic E-state index is -0.484. The molecule has 0 aromatic rings. The molecule has 0 aliphatic heterocycles. The summed E-state index contributed by atoms with van der Waals surface area (Å²) < 4.78 is 0. The number of hydrogen-bond acceptors (Lipinski definition) is 5. The van der Waals surface area contributed by atoms with Crippen molar-refractivity contribution in [1.29, 1.82) is 0 Å². The molecule has 0 aromatic carbocycles. The molecule has 5 heteroatoms. The van der Waals surface area contributed by atoms with Crippen LogP contribution in [0.3, 0.4) is 0 Å². The molecule has 5 nitrogen and oxygen atoms in total. The van der Waals surface area contributed by atoms with E-state index in [4.69, 9.17) is 11.6 Å². The topological polar surface area (TPSA) is 92.6 Å². The first-order valence-corrected chi connectivity index (χ1v) is 5.64. The van der Waals surface area contributed by atoms with E-state index in [9.17, 15) is 9.90 Å². The van der Waals surface area contributed by atoms with Crippen molar-refractivity contribution >= 4 is 5.78 Å². The standard InChI is InChI=1S/C10H15N3O2.C2H6/c1-7-5-8(10(15)9(14)6-7)13(12)4-2-3-11;1-2/h5-6,14H,1-4,11-12H2;1-2H3. The number of Topliss-reactive ketones (excluding diaryl/α,β-unsaturated/α-hetero) is 1. The number of ketones is 1. The molecule has 0 unspecified atom stereocenters. The molecule has 17 heavy (non-hydrogen) atoms. The lowest BCUT2D eigenvalue weighted by Gasteiger charge is -2.22. The average molecular weight is 239 g/mol. The van der Waals surface area contributed by atoms with E-state index in [0.29, 0.717) is 25.1 Å². The van der Waals surface area contributed by atoms with E-state index in [2.05, 4.69) is 6.58 Å². The molecule has 1 aliphatic carbocycles. The highest BCUT2D eigenvalue weighted by molar-refractivity contribution is 6.08. The van der Waals surface area contributed by atoms with Gasteiger partial charge in [0.05, 0.1) is 0 Å². The lowest BCUT2D eigenvalue weighted by Crippen LogP contribution is -2.37. The van der Waals surface area contributed by atoms with Crippen LogP contribution in [-0.4, -0.2) is 29.0 Å². The monoisotopic (exact) mass is 239 g/mol. The summed E-state index contributed by atoms with van der Waals surface area (Å²) in [5.74, 6) is 4.84. The van der Waals surface area contributed by atoms with Crippen molar-refractivity contribution in [3.05, 3.63) is 35.8 Å². The highest BCUT2D eigenvalue weighted by atomic mass is 16.3. The van der Waals surface area contributed by atoms with E-state index in [1.165, 1.54) is 11.1 Å². The highest BCUT2D eigenvalue weighted by Gasteiger charge is 2.22. The zero-order valence-corrected chi connectivity index (χ0v) is 10.4. The van der Waals surface area contributed by atoms with E-state index < -0.39 is 5.78 Å². The Morgan fingerprint density at radius 3 is 2.53 bits per heavy atom. The van der Waals surface area contributed by atoms with E-state index in [1.54, 1.807) is 6.08 Å². The van der Waals surface area contributed by atoms with Crippen molar-refractivity contribution in [3.63, 3.8) is 0 Å². The van der Waals surface area contributed by atoms with E-state index in [-0.39, 0.29) is 11.5 Å². The summed E-state index contributed by atoms with van der Waals surface area (Å²) in [5, 5.41) is 10.6. The van der Waals surface area contributed by atoms with Crippen molar-refractivity contribution in [2.75, 3.05) is 13.1 Å². The number of allylic oxidation sites excluding steroid dienone is 3. The third kappa shape index (κ3) is 4.42. The second-order valence-corrected chi connectivity index (χ2v) is 3.30. The third-order valence-electron chi connectivity index (χ3n) is 2.02. The Hall–Kier alpha value is -1.59. The van der Waals surface area contributed by atoms with Crippen LogP contribution in [0.2, 0.25) is 0 Å². The largest absolute Gasteiger partial charge is 0.504 e. The second kappa shape index (κ2) is 7.65. The zero-order valence-electron chi connectivity index (χ0n) is 10.4. The molecule has 0 spiro atoms. The summed E-state index contributed by atoms with van der Waals surface area (Å²) in [6.45, 7) is 8.60. The van der Waals surface area contributed by atoms with Gasteiger partial charge in [0.2, 0.25) is 5.78 Å². The third-order valence-corrected chi connectivity index (χ3v) is 2.02. The van der Waals surface area contributed by atoms with Crippen LogP contribution >= 0.6 is 0 Å². The number of rotatable bonds is 4. The van der Waals surface area contributed by atoms with Crippen LogP contribution in [0.5, 0.6) is 0 Å². The minimum absolute atomic E-state index is 0.244. The first-order valence-electron chi connectivity index (χ1n) is 5.64. The molecular weight excluding hydrogens is 218 g/mol. The number of hydrazine groups is 1. The summed E-state index contributed by atoms with van der Waals surface area (Å²) in [5.41, 5.74) is 6.12. The SMILES string of the molecule is C=C1C=C(O)C(=O)C(N(N)CCCN)=C1.CC. The molecule has 0 atom stereocenters. The second-order valence-electron chi connectivity index (χ2n) is 3.30. The van der Waals surface area contributed by atoms with Crippen LogP contribution in [-0.2, 0) is 4.79 Å². The first kappa shape index (κ1) is 15.4. The highest BCUT2D eigenvalue weighted by Crippen LogP contribution is 2.17. The molecule has 0 saturated heterocycles. The Morgan fingerprint density at radius 1 is 1.41 bits per heavy atom. The molecule has 0 bridgehead atoms. The van der Waals surface area contributed by atoms with Crippen LogP contribution in [0.25, 0.3) is 0 Å². The summed E-state index contributed by atoms with van der Waals surface area (Å²) in [6, 6.07) is 0. The molecule has 0 saturated carbocycles. The summed E-state index contributed by atoms with van der Waals surface area (Å²) >= 11 is 0. The maximum Gasteiger partial charge on any atom is 0.244 e. The summed E-state index contributed by atoms with van der Waals surface area (Å²) in [7, 11) is 0. The number of carbonyl (C=O) groups is 1. The quantitative estimate of drug-likeness (QED) is 0.503. The minimum Gasteiger partial charge on any atom is -0.504 e. The fraction of sp³-hybridized carbons (Fsp3) is 0.417. The van der Waals surface area contributed by atoms with Crippen molar-refractivity contribution in [3.8, 4) is 0 Å². The molecule has 0 heterocycles. The Balaban J connectivity index is 0.00000121. The molecule has 5 N–H and O–H groups in total. The van der Waals surface area contributed by atoms with Gasteiger partial charge < -0.3 is 15.8 Å². The van der Waals surface area contributed by atoms with Crippen LogP contribution in [0, 0.1) is 0 Å². The molecular formula is C12H21N3O2. The van der Waals surface area contributed by atoms with Crippen LogP contribution in [0.15, 0.2) is 35.8 Å². The predicted octanol–water partition coefficient (Wildman–Crippen LogP) is 1.00. The fourth-order valence-electron chi connectivity index (χ4n) is 1.25. The number of nitrogens with two attached hydrogens (primary N) is 2. The Morgan fingerprint density at radius 2 is 2.00 bits per heavy atom. The fourth-order valence-corrected chi connectivity index (χ4v) is 1.25. The van der Waals surface area contributed by atoms with Crippen LogP contribution in [0.4, 0.5) is 0 Å². The van der Waals surface area contributed by atoms with Crippen molar-refractivity contribution in [2.45, 2.75) is 20.3 Å². The Labute approximate surface area is 102 Å². The molecule has 0 fully saturated rings. The van der Waals surface area contributed by atoms with Gasteiger partial charge in [-0.25, -0.2) is 5.84 Å². The van der Waals surface area contributed by atoms with Gasteiger partial charge in [-0.2, -0.15) is 0 Å². The van der Waals surface area contributed by atoms with Gasteiger partial charge in [0.15, 0.2) is 5.76 Å². The first-order chi connectivity index (χ1) is 8.06. The van der Waals surface area contributed by atoms with Crippen LogP contribution in [0.1, 0.15) is 20.3 Å². The summed E-state index contributed by atoms with van der Waals surface area (Å²) in [4.78, 5) is 11.5. The number of carbonyl (C=O) groups excluding carboxylic acids is 1. The zero-order chi connectivity index (χ0) is 13.4. The Bertz CT molecular complexity index is 346. The van der Waals surface area contributed by atoms with Crippen LogP contribution < -0.4 is 11.6 Å². The van der Waals surface area contributed by atoms with Gasteiger partial charge in [-0.3, -0.25) is 4.79 Å². The molecule has 1 aliphatic rings. The number of aliphatic hydroxyl groups excluding tert-OH is 1. The van der Waals surface area contributed by atoms with Gasteiger partial charge in [0.1, 0.15) is 5.70 Å². The van der Waals surface area contributed by atoms with Crippen molar-refractivity contribution in [2.24, 2.45) is 11.6 Å².